The molecule has 2 amide bonds. The summed E-state index contributed by atoms with van der Waals surface area (Å²) in [5.74, 6) is -0.284. The minimum absolute atomic E-state index is 0.0103. The summed E-state index contributed by atoms with van der Waals surface area (Å²) in [6.45, 7) is 0.296. The highest BCUT2D eigenvalue weighted by atomic mass is 16.5. The topological polar surface area (TPSA) is 95.9 Å². The molecular formula is C20H24N2O5. The van der Waals surface area contributed by atoms with Gasteiger partial charge in [-0.15, -0.1) is 0 Å². The number of carboxylic acids is 1. The summed E-state index contributed by atoms with van der Waals surface area (Å²) in [5, 5.41) is 12.4. The number of carbonyl (C=O) groups is 3. The Kier molecular flexibility index (Phi) is 4.76. The first kappa shape index (κ1) is 17.8. The molecule has 0 radical (unpaired) electrons. The lowest BCUT2D eigenvalue weighted by Crippen LogP contribution is -2.45. The normalized spacial score (nSPS) is 26.5. The van der Waals surface area contributed by atoms with E-state index < -0.39 is 12.0 Å². The smallest absolute Gasteiger partial charge is 0.326 e. The number of carboxylic acid groups (broad SMARTS) is 1. The lowest BCUT2D eigenvalue weighted by molar-refractivity contribution is -0.150. The van der Waals surface area contributed by atoms with Crippen molar-refractivity contribution in [2.75, 3.05) is 18.5 Å². The van der Waals surface area contributed by atoms with Crippen molar-refractivity contribution in [1.82, 2.24) is 4.90 Å². The summed E-state index contributed by atoms with van der Waals surface area (Å²) < 4.78 is 5.59. The highest BCUT2D eigenvalue weighted by molar-refractivity contribution is 5.94. The third-order valence-electron chi connectivity index (χ3n) is 5.88. The maximum atomic E-state index is 12.6. The summed E-state index contributed by atoms with van der Waals surface area (Å²) in [5.41, 5.74) is 0.635. The Morgan fingerprint density at radius 1 is 1.19 bits per heavy atom. The van der Waals surface area contributed by atoms with Crippen molar-refractivity contribution >= 4 is 23.5 Å². The van der Waals surface area contributed by atoms with E-state index in [0.717, 1.165) is 32.1 Å². The van der Waals surface area contributed by atoms with Gasteiger partial charge in [-0.3, -0.25) is 9.59 Å². The molecule has 0 bridgehead atoms. The van der Waals surface area contributed by atoms with E-state index in [1.54, 1.807) is 24.3 Å². The molecule has 7 heteroatoms. The predicted molar refractivity (Wildman–Crippen MR) is 97.3 cm³/mol. The molecule has 1 saturated heterocycles. The molecule has 7 nitrogen and oxygen atoms in total. The molecule has 1 heterocycles. The Morgan fingerprint density at radius 3 is 2.74 bits per heavy atom. The first-order chi connectivity index (χ1) is 13.0. The Labute approximate surface area is 157 Å². The van der Waals surface area contributed by atoms with Crippen LogP contribution < -0.4 is 10.1 Å². The zero-order valence-corrected chi connectivity index (χ0v) is 15.1. The van der Waals surface area contributed by atoms with Gasteiger partial charge in [0.2, 0.25) is 5.91 Å². The van der Waals surface area contributed by atoms with Crippen LogP contribution in [0.15, 0.2) is 24.3 Å². The van der Waals surface area contributed by atoms with Gasteiger partial charge in [-0.05, 0) is 49.7 Å². The number of aliphatic carboxylic acids is 1. The van der Waals surface area contributed by atoms with Gasteiger partial charge in [0.1, 0.15) is 11.8 Å². The molecule has 0 aromatic heterocycles. The number of rotatable bonds is 6. The number of benzene rings is 1. The second kappa shape index (κ2) is 7.21. The zero-order valence-electron chi connectivity index (χ0n) is 15.1. The second-order valence-electron chi connectivity index (χ2n) is 7.76. The molecule has 1 aromatic rings. The van der Waals surface area contributed by atoms with E-state index in [1.807, 2.05) is 0 Å². The predicted octanol–water partition coefficient (Wildman–Crippen LogP) is 2.13. The van der Waals surface area contributed by atoms with E-state index in [1.165, 1.54) is 4.90 Å². The fourth-order valence-corrected chi connectivity index (χ4v) is 4.36. The van der Waals surface area contributed by atoms with E-state index in [-0.39, 0.29) is 36.2 Å². The van der Waals surface area contributed by atoms with Crippen LogP contribution in [-0.2, 0) is 14.4 Å². The Morgan fingerprint density at radius 2 is 2.00 bits per heavy atom. The second-order valence-corrected chi connectivity index (χ2v) is 7.76. The van der Waals surface area contributed by atoms with Gasteiger partial charge in [-0.25, -0.2) is 4.79 Å². The van der Waals surface area contributed by atoms with Crippen LogP contribution in [0.4, 0.5) is 5.69 Å². The Balaban J connectivity index is 1.36. The molecule has 144 valence electrons. The van der Waals surface area contributed by atoms with E-state index >= 15 is 0 Å². The first-order valence-electron chi connectivity index (χ1n) is 9.59. The van der Waals surface area contributed by atoms with E-state index in [4.69, 9.17) is 4.74 Å². The lowest BCUT2D eigenvalue weighted by atomic mass is 9.94. The molecule has 0 spiro atoms. The highest BCUT2D eigenvalue weighted by Gasteiger charge is 2.49. The van der Waals surface area contributed by atoms with Crippen molar-refractivity contribution in [3.63, 3.8) is 0 Å². The highest BCUT2D eigenvalue weighted by Crippen LogP contribution is 2.42. The Hall–Kier alpha value is -2.57. The van der Waals surface area contributed by atoms with Crippen LogP contribution >= 0.6 is 0 Å². The van der Waals surface area contributed by atoms with E-state index in [9.17, 15) is 19.5 Å². The van der Waals surface area contributed by atoms with Crippen molar-refractivity contribution in [3.05, 3.63) is 24.3 Å². The number of fused-ring (bicyclic) bond motifs is 1. The van der Waals surface area contributed by atoms with Gasteiger partial charge in [-0.1, -0.05) is 12.5 Å². The van der Waals surface area contributed by atoms with Crippen LogP contribution in [0, 0.1) is 17.8 Å². The molecule has 3 aliphatic rings. The number of hydrogen-bond acceptors (Lipinski definition) is 4. The fraction of sp³-hybridized carbons (Fsp3) is 0.550. The zero-order chi connectivity index (χ0) is 19.0. The van der Waals surface area contributed by atoms with Crippen molar-refractivity contribution < 1.29 is 24.2 Å². The first-order valence-corrected chi connectivity index (χ1v) is 9.59. The quantitative estimate of drug-likeness (QED) is 0.797. The fourth-order valence-electron chi connectivity index (χ4n) is 4.36. The number of anilines is 1. The Bertz CT molecular complexity index is 760. The van der Waals surface area contributed by atoms with Gasteiger partial charge in [0.05, 0.1) is 0 Å². The molecule has 3 unspecified atom stereocenters. The third-order valence-corrected chi connectivity index (χ3v) is 5.88. The number of hydrogen-bond donors (Lipinski definition) is 2. The van der Waals surface area contributed by atoms with Crippen LogP contribution in [0.5, 0.6) is 5.75 Å². The standard InChI is InChI=1S/C20H24N2O5/c23-17(22-10-13-3-1-6-16(13)18(22)20(25)26)11-27-15-5-2-4-14(9-15)21-19(24)12-7-8-12/h2,4-5,9,12-13,16,18H,1,3,6-8,10-11H2,(H,21,24)(H,25,26). The molecule has 2 aliphatic carbocycles. The van der Waals surface area contributed by atoms with Crippen LogP contribution in [0.1, 0.15) is 32.1 Å². The van der Waals surface area contributed by atoms with Gasteiger partial charge in [0, 0.05) is 24.2 Å². The summed E-state index contributed by atoms with van der Waals surface area (Å²) >= 11 is 0. The van der Waals surface area contributed by atoms with Crippen LogP contribution in [0.3, 0.4) is 0 Å². The molecule has 1 aromatic carbocycles. The summed E-state index contributed by atoms with van der Waals surface area (Å²) in [7, 11) is 0. The third kappa shape index (κ3) is 3.77. The number of likely N-dealkylation sites (tertiary alicyclic amines) is 1. The number of amides is 2. The summed E-state index contributed by atoms with van der Waals surface area (Å²) in [6.07, 6.45) is 4.76. The maximum Gasteiger partial charge on any atom is 0.326 e. The monoisotopic (exact) mass is 372 g/mol. The van der Waals surface area contributed by atoms with Gasteiger partial charge in [-0.2, -0.15) is 0 Å². The molecule has 2 saturated carbocycles. The molecule has 4 rings (SSSR count). The molecule has 1 aliphatic heterocycles. The van der Waals surface area contributed by atoms with Crippen LogP contribution in [0.2, 0.25) is 0 Å². The lowest BCUT2D eigenvalue weighted by Gasteiger charge is -2.24. The van der Waals surface area contributed by atoms with Crippen LogP contribution in [-0.4, -0.2) is 47.0 Å². The average molecular weight is 372 g/mol. The minimum atomic E-state index is -0.928. The van der Waals surface area contributed by atoms with Crippen molar-refractivity contribution in [2.45, 2.75) is 38.1 Å². The SMILES string of the molecule is O=C(Nc1cccc(OCC(=O)N2CC3CCCC3C2C(=O)O)c1)C1CC1. The van der Waals surface area contributed by atoms with Crippen LogP contribution in [0.25, 0.3) is 0 Å². The van der Waals surface area contributed by atoms with Gasteiger partial charge in [0.15, 0.2) is 6.61 Å². The molecule has 3 fully saturated rings. The van der Waals surface area contributed by atoms with Crippen molar-refractivity contribution in [3.8, 4) is 5.75 Å². The number of nitrogens with zero attached hydrogens (tertiary/aromatic N) is 1. The van der Waals surface area contributed by atoms with Crippen molar-refractivity contribution in [1.29, 1.82) is 0 Å². The maximum absolute atomic E-state index is 12.6. The number of carbonyl (C=O) groups excluding carboxylic acids is 2. The van der Waals surface area contributed by atoms with Crippen molar-refractivity contribution in [2.24, 2.45) is 17.8 Å². The minimum Gasteiger partial charge on any atom is -0.484 e. The number of nitrogens with one attached hydrogen (secondary N) is 1. The molecule has 3 atom stereocenters. The largest absolute Gasteiger partial charge is 0.484 e. The van der Waals surface area contributed by atoms with Gasteiger partial charge >= 0.3 is 5.97 Å². The van der Waals surface area contributed by atoms with E-state index in [0.29, 0.717) is 18.0 Å². The molecule has 27 heavy (non-hydrogen) atoms. The molecule has 2 N–H and O–H groups in total. The van der Waals surface area contributed by atoms with E-state index in [2.05, 4.69) is 5.32 Å². The number of ether oxygens (including phenoxy) is 1. The molecular weight excluding hydrogens is 348 g/mol. The van der Waals surface area contributed by atoms with Gasteiger partial charge < -0.3 is 20.1 Å². The van der Waals surface area contributed by atoms with Gasteiger partial charge in [0.25, 0.3) is 5.91 Å². The summed E-state index contributed by atoms with van der Waals surface area (Å²) in [6, 6.07) is 6.19. The average Bonchev–Trinajstić information content (AvgIpc) is 3.29. The summed E-state index contributed by atoms with van der Waals surface area (Å²) in [4.78, 5) is 37.6.